The van der Waals surface area contributed by atoms with Crippen LogP contribution in [0.5, 0.6) is 0 Å². The Morgan fingerprint density at radius 1 is 0.662 bits per heavy atom. The monoisotopic (exact) mass is 893 g/mol. The summed E-state index contributed by atoms with van der Waals surface area (Å²) in [4.78, 5) is 4.58. The molecule has 1 heterocycles. The number of hydrogen-bond donors (Lipinski definition) is 0. The molecule has 0 bridgehead atoms. The smallest absolute Gasteiger partial charge is 0.0452 e. The number of nitrogens with zero attached hydrogens (tertiary/aromatic N) is 2. The summed E-state index contributed by atoms with van der Waals surface area (Å²) in [6.45, 7) is 35.1. The highest BCUT2D eigenvalue weighted by Crippen LogP contribution is 2.35. The van der Waals surface area contributed by atoms with Crippen molar-refractivity contribution in [3.8, 4) is 11.1 Å². The van der Waals surface area contributed by atoms with Crippen molar-refractivity contribution in [1.29, 1.82) is 0 Å². The molecule has 0 aliphatic rings. The Morgan fingerprint density at radius 3 is 1.71 bits per heavy atom. The van der Waals surface area contributed by atoms with E-state index in [1.807, 2.05) is 59.0 Å². The van der Waals surface area contributed by atoms with Crippen LogP contribution in [0, 0.1) is 5.92 Å². The molecule has 0 amide bonds. The molecule has 5 aromatic carbocycles. The fourth-order valence-electron chi connectivity index (χ4n) is 6.92. The molecule has 0 spiro atoms. The van der Waals surface area contributed by atoms with E-state index in [1.165, 1.54) is 86.0 Å². The first-order valence-electron chi connectivity index (χ1n) is 24.4. The van der Waals surface area contributed by atoms with Crippen molar-refractivity contribution >= 4 is 42.9 Å². The van der Waals surface area contributed by atoms with E-state index < -0.39 is 0 Å². The number of allylic oxidation sites excluding steroid dienone is 6. The van der Waals surface area contributed by atoms with Gasteiger partial charge < -0.3 is 9.80 Å². The van der Waals surface area contributed by atoms with Gasteiger partial charge >= 0.3 is 0 Å². The van der Waals surface area contributed by atoms with Crippen LogP contribution in [0.1, 0.15) is 120 Å². The molecule has 0 aliphatic heterocycles. The second-order valence-electron chi connectivity index (χ2n) is 15.0. The molecule has 352 valence electrons. The Balaban J connectivity index is 0.000000994. The molecule has 65 heavy (non-hydrogen) atoms. The SMILES string of the molecule is C=C.C=CCN(c1ccc(-c2ccccc2)cc1)c1ccccc1C(C)/C=C/C(=C/C)CC.CC.CC.CC.CCCC(C)/C=C\CCCN(C)C.c1ccc2c(c1)sc1ccccc12. The number of hydrogen-bond acceptors (Lipinski definition) is 3. The first-order chi connectivity index (χ1) is 31.8. The summed E-state index contributed by atoms with van der Waals surface area (Å²) in [7, 11) is 4.26. The third-order valence-electron chi connectivity index (χ3n) is 10.2. The molecular weight excluding hydrogens is 805 g/mol. The fraction of sp³-hybridized carbons (Fsp3) is 0.355. The van der Waals surface area contributed by atoms with Gasteiger partial charge in [0.05, 0.1) is 0 Å². The van der Waals surface area contributed by atoms with E-state index in [1.54, 1.807) is 0 Å². The minimum Gasteiger partial charge on any atom is -0.337 e. The molecule has 3 heteroatoms. The third kappa shape index (κ3) is 22.0. The van der Waals surface area contributed by atoms with Crippen molar-refractivity contribution in [3.05, 3.63) is 195 Å². The molecule has 0 N–H and O–H groups in total. The van der Waals surface area contributed by atoms with Crippen LogP contribution in [-0.2, 0) is 0 Å². The van der Waals surface area contributed by atoms with Gasteiger partial charge in [-0.1, -0.05) is 215 Å². The average Bonchev–Trinajstić information content (AvgIpc) is 3.75. The number of benzene rings is 5. The summed E-state index contributed by atoms with van der Waals surface area (Å²) < 4.78 is 2.76. The first kappa shape index (κ1) is 59.8. The molecule has 2 nitrogen and oxygen atoms in total. The lowest BCUT2D eigenvalue weighted by atomic mass is 9.96. The van der Waals surface area contributed by atoms with Gasteiger partial charge in [0, 0.05) is 44.0 Å². The van der Waals surface area contributed by atoms with E-state index in [2.05, 4.69) is 236 Å². The molecular formula is C62H88N2S. The summed E-state index contributed by atoms with van der Waals surface area (Å²) in [5.41, 5.74) is 7.55. The lowest BCUT2D eigenvalue weighted by Crippen LogP contribution is -2.18. The van der Waals surface area contributed by atoms with Gasteiger partial charge in [-0.2, -0.15) is 0 Å². The zero-order chi connectivity index (χ0) is 48.8. The minimum absolute atomic E-state index is 0.314. The van der Waals surface area contributed by atoms with Crippen LogP contribution >= 0.6 is 11.3 Å². The van der Waals surface area contributed by atoms with Crippen LogP contribution in [0.15, 0.2) is 189 Å². The number of fused-ring (bicyclic) bond motifs is 3. The lowest BCUT2D eigenvalue weighted by Gasteiger charge is -2.28. The van der Waals surface area contributed by atoms with Crippen LogP contribution < -0.4 is 4.90 Å². The molecule has 0 saturated heterocycles. The van der Waals surface area contributed by atoms with Crippen molar-refractivity contribution in [3.63, 3.8) is 0 Å². The van der Waals surface area contributed by atoms with E-state index in [0.717, 1.165) is 18.9 Å². The number of para-hydroxylation sites is 1. The van der Waals surface area contributed by atoms with Crippen LogP contribution in [0.3, 0.4) is 0 Å². The zero-order valence-corrected chi connectivity index (χ0v) is 43.9. The normalized spacial score (nSPS) is 11.4. The van der Waals surface area contributed by atoms with Gasteiger partial charge in [0.15, 0.2) is 0 Å². The fourth-order valence-corrected chi connectivity index (χ4v) is 8.03. The minimum atomic E-state index is 0.314. The maximum Gasteiger partial charge on any atom is 0.0452 e. The highest BCUT2D eigenvalue weighted by atomic mass is 32.1. The summed E-state index contributed by atoms with van der Waals surface area (Å²) >= 11 is 1.86. The van der Waals surface area contributed by atoms with E-state index in [9.17, 15) is 0 Å². The maximum absolute atomic E-state index is 4.01. The highest BCUT2D eigenvalue weighted by Gasteiger charge is 2.15. The van der Waals surface area contributed by atoms with Crippen molar-refractivity contribution in [2.45, 2.75) is 114 Å². The Kier molecular flexibility index (Phi) is 35.0. The van der Waals surface area contributed by atoms with Crippen molar-refractivity contribution in [1.82, 2.24) is 4.90 Å². The quantitative estimate of drug-likeness (QED) is 0.0543. The lowest BCUT2D eigenvalue weighted by molar-refractivity contribution is 0.401. The van der Waals surface area contributed by atoms with Crippen molar-refractivity contribution < 1.29 is 0 Å². The van der Waals surface area contributed by atoms with Gasteiger partial charge in [-0.3, -0.25) is 0 Å². The summed E-state index contributed by atoms with van der Waals surface area (Å²) in [6, 6.07) is 45.1. The predicted octanol–water partition coefficient (Wildman–Crippen LogP) is 19.9. The van der Waals surface area contributed by atoms with Crippen LogP contribution in [0.25, 0.3) is 31.3 Å². The van der Waals surface area contributed by atoms with Gasteiger partial charge in [-0.25, -0.2) is 0 Å². The number of anilines is 2. The molecule has 1 aromatic heterocycles. The summed E-state index contributed by atoms with van der Waals surface area (Å²) in [5.74, 6) is 1.08. The third-order valence-corrected chi connectivity index (χ3v) is 11.3. The van der Waals surface area contributed by atoms with Gasteiger partial charge in [0.25, 0.3) is 0 Å². The molecule has 6 rings (SSSR count). The van der Waals surface area contributed by atoms with Gasteiger partial charge in [0.1, 0.15) is 0 Å². The highest BCUT2D eigenvalue weighted by molar-refractivity contribution is 7.25. The van der Waals surface area contributed by atoms with E-state index in [4.69, 9.17) is 0 Å². The summed E-state index contributed by atoms with van der Waals surface area (Å²) in [5, 5.41) is 2.76. The predicted molar refractivity (Wildman–Crippen MR) is 303 cm³/mol. The van der Waals surface area contributed by atoms with Gasteiger partial charge in [-0.05, 0) is 106 Å². The molecule has 0 saturated carbocycles. The second-order valence-corrected chi connectivity index (χ2v) is 16.1. The van der Waals surface area contributed by atoms with Crippen molar-refractivity contribution in [2.24, 2.45) is 5.92 Å². The van der Waals surface area contributed by atoms with E-state index in [0.29, 0.717) is 5.92 Å². The molecule has 0 aliphatic carbocycles. The van der Waals surface area contributed by atoms with Gasteiger partial charge in [0.2, 0.25) is 0 Å². The molecule has 2 atom stereocenters. The Labute approximate surface area is 403 Å². The topological polar surface area (TPSA) is 6.48 Å². The number of thiophene rings is 1. The largest absolute Gasteiger partial charge is 0.337 e. The Morgan fingerprint density at radius 2 is 1.18 bits per heavy atom. The number of rotatable bonds is 16. The first-order valence-corrected chi connectivity index (χ1v) is 25.2. The van der Waals surface area contributed by atoms with E-state index in [-0.39, 0.29) is 0 Å². The Hall–Kier alpha value is -5.22. The molecule has 6 aromatic rings. The Bertz CT molecular complexity index is 2100. The van der Waals surface area contributed by atoms with E-state index >= 15 is 0 Å². The van der Waals surface area contributed by atoms with Gasteiger partial charge in [-0.15, -0.1) is 31.1 Å². The van der Waals surface area contributed by atoms with Crippen molar-refractivity contribution in [2.75, 3.05) is 32.1 Å². The number of unbranched alkanes of at least 4 members (excludes halogenated alkanes) is 1. The van der Waals surface area contributed by atoms with Crippen LogP contribution in [0.4, 0.5) is 11.4 Å². The molecule has 0 fully saturated rings. The maximum atomic E-state index is 4.01. The van der Waals surface area contributed by atoms with Crippen LogP contribution in [0.2, 0.25) is 0 Å². The second kappa shape index (κ2) is 38.1. The zero-order valence-electron chi connectivity index (χ0n) is 43.1. The van der Waals surface area contributed by atoms with Crippen LogP contribution in [-0.4, -0.2) is 32.1 Å². The standard InChI is InChI=1S/C30H33N.C12H25N.C12H8S.3C2H6.C2H4/c1-5-23-31(28-21-19-27(20-22-28)26-13-9-8-10-14-26)30-16-12-11-15-29(30)24(4)17-18-25(6-2)7-3;1-5-9-12(2)10-7-6-8-11-13(3)4;1-3-7-11-9(5-1)10-6-2-4-8-12(10)13-11;4*1-2/h5-6,8-22,24H,1,7,23H2,2-4H3;7,10,12H,5-6,8-9,11H2,1-4H3;1-8H;3*1-2H3;1-2H2/b18-17+,25-6+;10-7-;;;;;. The molecule has 0 radical (unpaired) electrons. The summed E-state index contributed by atoms with van der Waals surface area (Å²) in [6.07, 6.45) is 19.6. The average molecular weight is 893 g/mol. The molecule has 2 unspecified atom stereocenters.